The van der Waals surface area contributed by atoms with Crippen molar-refractivity contribution in [2.45, 2.75) is 31.7 Å². The van der Waals surface area contributed by atoms with Crippen LogP contribution in [0.2, 0.25) is 10.0 Å². The molecule has 0 aliphatic carbocycles. The highest BCUT2D eigenvalue weighted by atomic mass is 35.5. The third-order valence-corrected chi connectivity index (χ3v) is 5.69. The molecule has 0 radical (unpaired) electrons. The number of rotatable bonds is 8. The van der Waals surface area contributed by atoms with Crippen molar-refractivity contribution in [2.75, 3.05) is 11.1 Å². The van der Waals surface area contributed by atoms with E-state index >= 15 is 0 Å². The molecule has 6 nitrogen and oxygen atoms in total. The summed E-state index contributed by atoms with van der Waals surface area (Å²) in [5, 5.41) is 12.4. The van der Waals surface area contributed by atoms with E-state index in [1.165, 1.54) is 30.0 Å². The van der Waals surface area contributed by atoms with Crippen LogP contribution in [0.25, 0.3) is 0 Å². The zero-order valence-electron chi connectivity index (χ0n) is 16.2. The lowest BCUT2D eigenvalue weighted by Crippen LogP contribution is -2.15. The number of benzene rings is 2. The maximum Gasteiger partial charge on any atom is 0.234 e. The number of nitrogens with zero attached hydrogens (tertiary/aromatic N) is 3. The van der Waals surface area contributed by atoms with Crippen LogP contribution < -0.4 is 10.1 Å². The van der Waals surface area contributed by atoms with E-state index in [9.17, 15) is 9.18 Å². The number of aromatic nitrogens is 3. The molecule has 2 aromatic carbocycles. The molecule has 0 bridgehead atoms. The summed E-state index contributed by atoms with van der Waals surface area (Å²) in [6.07, 6.45) is -0.480. The molecule has 3 aromatic rings. The Morgan fingerprint density at radius 2 is 2.00 bits per heavy atom. The molecule has 158 valence electrons. The fourth-order valence-corrected chi connectivity index (χ4v) is 3.90. The Morgan fingerprint density at radius 1 is 1.23 bits per heavy atom. The van der Waals surface area contributed by atoms with Gasteiger partial charge in [-0.05, 0) is 44.2 Å². The van der Waals surface area contributed by atoms with Crippen LogP contribution >= 0.6 is 35.0 Å². The summed E-state index contributed by atoms with van der Waals surface area (Å²) in [7, 11) is 0. The second-order valence-electron chi connectivity index (χ2n) is 6.24. The summed E-state index contributed by atoms with van der Waals surface area (Å²) in [5.74, 6) is 0.423. The minimum atomic E-state index is -0.480. The minimum Gasteiger partial charge on any atom is -0.481 e. The fourth-order valence-electron chi connectivity index (χ4n) is 2.70. The standard InChI is InChI=1S/C20H19Cl2FN4O2S/c1-3-27-19(12(2)29-17-9-8-13(23)10-15(17)22)25-26-20(27)30-11-18(28)24-16-7-5-4-6-14(16)21/h4-10,12H,3,11H2,1-2H3,(H,24,28). The first kappa shape index (κ1) is 22.4. The van der Waals surface area contributed by atoms with Gasteiger partial charge in [0.05, 0.1) is 21.5 Å². The summed E-state index contributed by atoms with van der Waals surface area (Å²) in [6.45, 7) is 4.33. The third-order valence-electron chi connectivity index (χ3n) is 4.10. The molecule has 1 amide bonds. The molecule has 30 heavy (non-hydrogen) atoms. The normalized spacial score (nSPS) is 11.9. The number of carbonyl (C=O) groups is 1. The Labute approximate surface area is 187 Å². The minimum absolute atomic E-state index is 0.141. The summed E-state index contributed by atoms with van der Waals surface area (Å²) in [4.78, 5) is 12.3. The number of halogens is 3. The average molecular weight is 469 g/mol. The van der Waals surface area contributed by atoms with Crippen LogP contribution in [0, 0.1) is 5.82 Å². The van der Waals surface area contributed by atoms with Crippen molar-refractivity contribution < 1.29 is 13.9 Å². The van der Waals surface area contributed by atoms with Crippen LogP contribution in [-0.4, -0.2) is 26.4 Å². The molecule has 1 atom stereocenters. The Morgan fingerprint density at radius 3 is 2.70 bits per heavy atom. The van der Waals surface area contributed by atoms with Crippen molar-refractivity contribution in [2.24, 2.45) is 0 Å². The van der Waals surface area contributed by atoms with Crippen molar-refractivity contribution in [3.05, 3.63) is 64.2 Å². The van der Waals surface area contributed by atoms with Crippen molar-refractivity contribution in [3.63, 3.8) is 0 Å². The van der Waals surface area contributed by atoms with Crippen molar-refractivity contribution >= 4 is 46.6 Å². The van der Waals surface area contributed by atoms with Gasteiger partial charge in [-0.25, -0.2) is 4.39 Å². The van der Waals surface area contributed by atoms with Gasteiger partial charge in [0.2, 0.25) is 5.91 Å². The van der Waals surface area contributed by atoms with Crippen LogP contribution in [0.5, 0.6) is 5.75 Å². The summed E-state index contributed by atoms with van der Waals surface area (Å²) < 4.78 is 20.9. The second-order valence-corrected chi connectivity index (χ2v) is 7.99. The van der Waals surface area contributed by atoms with E-state index in [0.29, 0.717) is 34.0 Å². The number of hydrogen-bond acceptors (Lipinski definition) is 5. The van der Waals surface area contributed by atoms with E-state index in [2.05, 4.69) is 15.5 Å². The first-order chi connectivity index (χ1) is 14.4. The smallest absolute Gasteiger partial charge is 0.234 e. The molecule has 3 rings (SSSR count). The first-order valence-corrected chi connectivity index (χ1v) is 10.8. The van der Waals surface area contributed by atoms with Crippen molar-refractivity contribution in [3.8, 4) is 5.75 Å². The Balaban J connectivity index is 1.66. The molecule has 0 saturated heterocycles. The van der Waals surface area contributed by atoms with Crippen molar-refractivity contribution in [1.82, 2.24) is 14.8 Å². The summed E-state index contributed by atoms with van der Waals surface area (Å²) >= 11 is 13.4. The van der Waals surface area contributed by atoms with E-state index < -0.39 is 11.9 Å². The molecular weight excluding hydrogens is 450 g/mol. The number of hydrogen-bond donors (Lipinski definition) is 1. The number of amides is 1. The number of para-hydroxylation sites is 1. The zero-order chi connectivity index (χ0) is 21.7. The van der Waals surface area contributed by atoms with Crippen LogP contribution in [0.15, 0.2) is 47.6 Å². The van der Waals surface area contributed by atoms with Gasteiger partial charge >= 0.3 is 0 Å². The van der Waals surface area contributed by atoms with Gasteiger partial charge in [0.1, 0.15) is 11.6 Å². The van der Waals surface area contributed by atoms with Gasteiger partial charge in [0.25, 0.3) is 0 Å². The van der Waals surface area contributed by atoms with Gasteiger partial charge in [0.15, 0.2) is 17.1 Å². The van der Waals surface area contributed by atoms with Crippen LogP contribution in [0.1, 0.15) is 25.8 Å². The van der Waals surface area contributed by atoms with Gasteiger partial charge in [0, 0.05) is 6.54 Å². The highest BCUT2D eigenvalue weighted by Gasteiger charge is 2.20. The molecular formula is C20H19Cl2FN4O2S. The quantitative estimate of drug-likeness (QED) is 0.434. The average Bonchev–Trinajstić information content (AvgIpc) is 3.13. The maximum absolute atomic E-state index is 13.2. The van der Waals surface area contributed by atoms with E-state index in [-0.39, 0.29) is 16.7 Å². The number of ether oxygens (including phenoxy) is 1. The largest absolute Gasteiger partial charge is 0.481 e. The summed E-state index contributed by atoms with van der Waals surface area (Å²) in [5.41, 5.74) is 0.556. The van der Waals surface area contributed by atoms with Gasteiger partial charge < -0.3 is 14.6 Å². The molecule has 0 fully saturated rings. The number of nitrogens with one attached hydrogen (secondary N) is 1. The Bertz CT molecular complexity index is 1050. The van der Waals surface area contributed by atoms with Crippen LogP contribution in [0.3, 0.4) is 0 Å². The fraction of sp³-hybridized carbons (Fsp3) is 0.250. The molecule has 1 aromatic heterocycles. The van der Waals surface area contributed by atoms with Crippen molar-refractivity contribution in [1.29, 1.82) is 0 Å². The van der Waals surface area contributed by atoms with Gasteiger partial charge in [-0.15, -0.1) is 10.2 Å². The van der Waals surface area contributed by atoms with Crippen LogP contribution in [0.4, 0.5) is 10.1 Å². The molecule has 1 unspecified atom stereocenters. The zero-order valence-corrected chi connectivity index (χ0v) is 18.6. The SMILES string of the molecule is CCn1c(SCC(=O)Nc2ccccc2Cl)nnc1C(C)Oc1ccc(F)cc1Cl. The number of carbonyl (C=O) groups excluding carboxylic acids is 1. The highest BCUT2D eigenvalue weighted by molar-refractivity contribution is 7.99. The molecule has 0 aliphatic heterocycles. The highest BCUT2D eigenvalue weighted by Crippen LogP contribution is 2.30. The molecule has 10 heteroatoms. The number of thioether (sulfide) groups is 1. The third kappa shape index (κ3) is 5.44. The van der Waals surface area contributed by atoms with E-state index in [1.807, 2.05) is 11.5 Å². The maximum atomic E-state index is 13.2. The molecule has 1 heterocycles. The molecule has 0 spiro atoms. The molecule has 1 N–H and O–H groups in total. The topological polar surface area (TPSA) is 69.0 Å². The predicted octanol–water partition coefficient (Wildman–Crippen LogP) is 5.61. The predicted molar refractivity (Wildman–Crippen MR) is 117 cm³/mol. The lowest BCUT2D eigenvalue weighted by molar-refractivity contribution is -0.113. The monoisotopic (exact) mass is 468 g/mol. The van der Waals surface area contributed by atoms with Crippen LogP contribution in [-0.2, 0) is 11.3 Å². The lowest BCUT2D eigenvalue weighted by Gasteiger charge is -2.16. The first-order valence-electron chi connectivity index (χ1n) is 9.11. The molecule has 0 saturated carbocycles. The summed E-state index contributed by atoms with van der Waals surface area (Å²) in [6, 6.07) is 11.0. The van der Waals surface area contributed by atoms with Gasteiger partial charge in [-0.2, -0.15) is 0 Å². The Kier molecular flexibility index (Phi) is 7.58. The van der Waals surface area contributed by atoms with E-state index in [1.54, 1.807) is 31.2 Å². The molecule has 0 aliphatic rings. The van der Waals surface area contributed by atoms with Gasteiger partial charge in [-0.1, -0.05) is 47.1 Å². The van der Waals surface area contributed by atoms with E-state index in [0.717, 1.165) is 0 Å². The van der Waals surface area contributed by atoms with E-state index in [4.69, 9.17) is 27.9 Å². The Hall–Kier alpha value is -2.29. The number of anilines is 1. The second kappa shape index (κ2) is 10.1. The lowest BCUT2D eigenvalue weighted by atomic mass is 10.3. The van der Waals surface area contributed by atoms with Gasteiger partial charge in [-0.3, -0.25) is 4.79 Å².